The molecule has 0 amide bonds. The third-order valence-corrected chi connectivity index (χ3v) is 5.20. The number of hydrogen-bond donors (Lipinski definition) is 2. The summed E-state index contributed by atoms with van der Waals surface area (Å²) in [4.78, 5) is 0. The highest BCUT2D eigenvalue weighted by Crippen LogP contribution is 2.38. The minimum Gasteiger partial charge on any atom is -0.271 e. The van der Waals surface area contributed by atoms with Crippen LogP contribution >= 0.6 is 0 Å². The summed E-state index contributed by atoms with van der Waals surface area (Å²) >= 11 is 0. The fourth-order valence-corrected chi connectivity index (χ4v) is 4.01. The van der Waals surface area contributed by atoms with Crippen molar-refractivity contribution < 1.29 is 0 Å². The first kappa shape index (κ1) is 15.5. The third kappa shape index (κ3) is 3.62. The van der Waals surface area contributed by atoms with Gasteiger partial charge in [-0.25, -0.2) is 0 Å². The lowest BCUT2D eigenvalue weighted by Gasteiger charge is -2.38. The quantitative estimate of drug-likeness (QED) is 0.602. The van der Waals surface area contributed by atoms with E-state index in [2.05, 4.69) is 49.6 Å². The molecule has 0 heterocycles. The topological polar surface area (TPSA) is 38.0 Å². The summed E-state index contributed by atoms with van der Waals surface area (Å²) in [6.45, 7) is 4.61. The molecule has 4 atom stereocenters. The maximum Gasteiger partial charge on any atom is 0.0307 e. The van der Waals surface area contributed by atoms with Crippen molar-refractivity contribution in [1.82, 2.24) is 5.43 Å². The highest BCUT2D eigenvalue weighted by molar-refractivity contribution is 5.21. The summed E-state index contributed by atoms with van der Waals surface area (Å²) in [7, 11) is 0. The Bertz CT molecular complexity index is 376. The number of hydrazine groups is 1. The largest absolute Gasteiger partial charge is 0.271 e. The Labute approximate surface area is 124 Å². The number of nitrogens with one attached hydrogen (secondary N) is 1. The second kappa shape index (κ2) is 7.80. The number of hydrogen-bond acceptors (Lipinski definition) is 2. The molecule has 0 radical (unpaired) electrons. The molecule has 20 heavy (non-hydrogen) atoms. The van der Waals surface area contributed by atoms with Crippen molar-refractivity contribution in [3.05, 3.63) is 35.9 Å². The van der Waals surface area contributed by atoms with Gasteiger partial charge in [0, 0.05) is 12.0 Å². The van der Waals surface area contributed by atoms with Crippen molar-refractivity contribution in [2.75, 3.05) is 0 Å². The third-order valence-electron chi connectivity index (χ3n) is 5.20. The second-order valence-electron chi connectivity index (χ2n) is 6.32. The highest BCUT2D eigenvalue weighted by Gasteiger charge is 2.32. The van der Waals surface area contributed by atoms with Crippen LogP contribution in [0.25, 0.3) is 0 Å². The van der Waals surface area contributed by atoms with Gasteiger partial charge in [-0.15, -0.1) is 0 Å². The summed E-state index contributed by atoms with van der Waals surface area (Å²) in [6, 6.07) is 11.3. The van der Waals surface area contributed by atoms with E-state index in [1.165, 1.54) is 37.7 Å². The van der Waals surface area contributed by atoms with Gasteiger partial charge >= 0.3 is 0 Å². The molecule has 112 valence electrons. The van der Waals surface area contributed by atoms with Gasteiger partial charge in [-0.3, -0.25) is 11.3 Å². The Balaban J connectivity index is 2.13. The van der Waals surface area contributed by atoms with E-state index in [0.29, 0.717) is 12.0 Å². The lowest BCUT2D eigenvalue weighted by molar-refractivity contribution is 0.188. The molecule has 0 saturated heterocycles. The fourth-order valence-electron chi connectivity index (χ4n) is 4.01. The smallest absolute Gasteiger partial charge is 0.0307 e. The minimum atomic E-state index is 0.414. The number of benzene rings is 1. The Morgan fingerprint density at radius 3 is 2.55 bits per heavy atom. The molecular weight excluding hydrogens is 244 g/mol. The van der Waals surface area contributed by atoms with Crippen LogP contribution in [-0.4, -0.2) is 6.04 Å². The standard InChI is InChI=1S/C18H30N2/c1-3-14-9-8-12-16(13-14)18(20-19)17(4-2)15-10-6-5-7-11-15/h5-7,10-11,14,16-18,20H,3-4,8-9,12-13,19H2,1-2H3. The first-order chi connectivity index (χ1) is 9.80. The first-order valence-electron chi connectivity index (χ1n) is 8.31. The molecule has 0 aromatic heterocycles. The van der Waals surface area contributed by atoms with E-state index >= 15 is 0 Å². The van der Waals surface area contributed by atoms with Crippen molar-refractivity contribution in [1.29, 1.82) is 0 Å². The molecule has 4 unspecified atom stereocenters. The van der Waals surface area contributed by atoms with E-state index in [4.69, 9.17) is 5.84 Å². The van der Waals surface area contributed by atoms with Crippen LogP contribution in [0.5, 0.6) is 0 Å². The number of rotatable bonds is 6. The molecule has 1 aliphatic rings. The maximum absolute atomic E-state index is 5.95. The van der Waals surface area contributed by atoms with Crippen molar-refractivity contribution in [2.24, 2.45) is 17.7 Å². The van der Waals surface area contributed by atoms with Crippen molar-refractivity contribution in [3.63, 3.8) is 0 Å². The molecular formula is C18H30N2. The van der Waals surface area contributed by atoms with Crippen LogP contribution in [-0.2, 0) is 0 Å². The van der Waals surface area contributed by atoms with Gasteiger partial charge in [0.05, 0.1) is 0 Å². The van der Waals surface area contributed by atoms with Crippen molar-refractivity contribution >= 4 is 0 Å². The van der Waals surface area contributed by atoms with Gasteiger partial charge in [-0.2, -0.15) is 0 Å². The minimum absolute atomic E-state index is 0.414. The summed E-state index contributed by atoms with van der Waals surface area (Å²) in [5, 5.41) is 0. The SMILES string of the molecule is CCC1CCCC(C(NN)C(CC)c2ccccc2)C1. The average molecular weight is 274 g/mol. The Hall–Kier alpha value is -0.860. The monoisotopic (exact) mass is 274 g/mol. The Morgan fingerprint density at radius 1 is 1.20 bits per heavy atom. The zero-order valence-corrected chi connectivity index (χ0v) is 13.0. The summed E-state index contributed by atoms with van der Waals surface area (Å²) < 4.78 is 0. The molecule has 1 aliphatic carbocycles. The van der Waals surface area contributed by atoms with Gasteiger partial charge in [0.15, 0.2) is 0 Å². The molecule has 0 bridgehead atoms. The second-order valence-corrected chi connectivity index (χ2v) is 6.32. The molecule has 2 rings (SSSR count). The van der Waals surface area contributed by atoms with Crippen LogP contribution in [0.2, 0.25) is 0 Å². The molecule has 2 nitrogen and oxygen atoms in total. The van der Waals surface area contributed by atoms with Gasteiger partial charge in [0.25, 0.3) is 0 Å². The lowest BCUT2D eigenvalue weighted by atomic mass is 9.72. The van der Waals surface area contributed by atoms with Gasteiger partial charge in [-0.05, 0) is 36.7 Å². The molecule has 3 N–H and O–H groups in total. The number of nitrogens with two attached hydrogens (primary N) is 1. The zero-order chi connectivity index (χ0) is 14.4. The summed E-state index contributed by atoms with van der Waals surface area (Å²) in [5.41, 5.74) is 4.59. The van der Waals surface area contributed by atoms with Gasteiger partial charge < -0.3 is 0 Å². The molecule has 0 spiro atoms. The molecule has 1 aromatic carbocycles. The molecule has 0 aliphatic heterocycles. The Morgan fingerprint density at radius 2 is 1.95 bits per heavy atom. The van der Waals surface area contributed by atoms with E-state index in [-0.39, 0.29) is 0 Å². The van der Waals surface area contributed by atoms with E-state index < -0.39 is 0 Å². The summed E-state index contributed by atoms with van der Waals surface area (Å²) in [5.74, 6) is 8.11. The predicted octanol–water partition coefficient (Wildman–Crippen LogP) is 4.23. The van der Waals surface area contributed by atoms with Crippen molar-refractivity contribution in [3.8, 4) is 0 Å². The van der Waals surface area contributed by atoms with Crippen LogP contribution in [0, 0.1) is 11.8 Å². The van der Waals surface area contributed by atoms with Crippen LogP contribution in [0.1, 0.15) is 63.9 Å². The van der Waals surface area contributed by atoms with E-state index in [1.54, 1.807) is 0 Å². The lowest BCUT2D eigenvalue weighted by Crippen LogP contribution is -2.46. The van der Waals surface area contributed by atoms with Crippen LogP contribution in [0.3, 0.4) is 0 Å². The van der Waals surface area contributed by atoms with Gasteiger partial charge in [0.1, 0.15) is 0 Å². The molecule has 2 heteroatoms. The van der Waals surface area contributed by atoms with Crippen LogP contribution < -0.4 is 11.3 Å². The summed E-state index contributed by atoms with van der Waals surface area (Å²) in [6.07, 6.45) is 7.91. The fraction of sp³-hybridized carbons (Fsp3) is 0.667. The molecule has 1 aromatic rings. The average Bonchev–Trinajstić information content (AvgIpc) is 2.53. The van der Waals surface area contributed by atoms with Gasteiger partial charge in [0.2, 0.25) is 0 Å². The van der Waals surface area contributed by atoms with Crippen LogP contribution in [0.15, 0.2) is 30.3 Å². The molecule has 1 saturated carbocycles. The first-order valence-corrected chi connectivity index (χ1v) is 8.31. The van der Waals surface area contributed by atoms with Crippen molar-refractivity contribution in [2.45, 2.75) is 64.3 Å². The van der Waals surface area contributed by atoms with E-state index in [9.17, 15) is 0 Å². The zero-order valence-electron chi connectivity index (χ0n) is 13.0. The van der Waals surface area contributed by atoms with Gasteiger partial charge in [-0.1, -0.05) is 63.4 Å². The van der Waals surface area contributed by atoms with Crippen LogP contribution in [0.4, 0.5) is 0 Å². The maximum atomic E-state index is 5.95. The highest BCUT2D eigenvalue weighted by atomic mass is 15.2. The van der Waals surface area contributed by atoms with E-state index in [0.717, 1.165) is 18.3 Å². The Kier molecular flexibility index (Phi) is 6.06. The predicted molar refractivity (Wildman–Crippen MR) is 86.3 cm³/mol. The van der Waals surface area contributed by atoms with E-state index in [1.807, 2.05) is 0 Å². The molecule has 1 fully saturated rings. The normalized spacial score (nSPS) is 26.1.